The minimum Gasteiger partial charge on any atom is -0.322 e. The molecular weight excluding hydrogens is 441 g/mol. The van der Waals surface area contributed by atoms with E-state index in [-0.39, 0.29) is 16.5 Å². The average Bonchev–Trinajstić information content (AvgIpc) is 2.73. The summed E-state index contributed by atoms with van der Waals surface area (Å²) in [6, 6.07) is 16.5. The molecule has 0 aliphatic carbocycles. The third-order valence-corrected chi connectivity index (χ3v) is 6.18. The molecule has 0 heterocycles. The highest BCUT2D eigenvalue weighted by molar-refractivity contribution is 7.89. The zero-order chi connectivity index (χ0) is 23.5. The number of hydrogen-bond donors (Lipinski definition) is 2. The van der Waals surface area contributed by atoms with Gasteiger partial charge in [0.05, 0.1) is 10.5 Å². The van der Waals surface area contributed by atoms with Crippen LogP contribution in [-0.4, -0.2) is 20.4 Å². The first-order valence-electron chi connectivity index (χ1n) is 9.68. The van der Waals surface area contributed by atoms with E-state index < -0.39 is 27.7 Å². The molecule has 3 aromatic carbocycles. The van der Waals surface area contributed by atoms with Crippen LogP contribution >= 0.6 is 0 Å². The van der Waals surface area contributed by atoms with Crippen LogP contribution in [-0.2, 0) is 16.2 Å². The van der Waals surface area contributed by atoms with Crippen LogP contribution in [0, 0.1) is 0 Å². The normalized spacial score (nSPS) is 12.1. The van der Waals surface area contributed by atoms with E-state index in [4.69, 9.17) is 0 Å². The number of carbonyl (C=O) groups excluding carboxylic acids is 1. The van der Waals surface area contributed by atoms with Crippen LogP contribution in [0.4, 0.5) is 18.9 Å². The van der Waals surface area contributed by atoms with E-state index in [1.165, 1.54) is 36.4 Å². The first-order chi connectivity index (χ1) is 15.0. The summed E-state index contributed by atoms with van der Waals surface area (Å²) < 4.78 is 65.4. The highest BCUT2D eigenvalue weighted by atomic mass is 32.2. The molecule has 0 unspecified atom stereocenters. The number of anilines is 1. The molecule has 3 rings (SSSR count). The quantitative estimate of drug-likeness (QED) is 0.521. The van der Waals surface area contributed by atoms with Crippen molar-refractivity contribution in [3.05, 3.63) is 83.9 Å². The van der Waals surface area contributed by atoms with E-state index >= 15 is 0 Å². The number of alkyl halides is 3. The largest absolute Gasteiger partial charge is 0.416 e. The Morgan fingerprint density at radius 3 is 2.03 bits per heavy atom. The molecule has 1 amide bonds. The maximum atomic E-state index is 12.8. The molecule has 0 fully saturated rings. The zero-order valence-electron chi connectivity index (χ0n) is 17.3. The van der Waals surface area contributed by atoms with Crippen LogP contribution < -0.4 is 10.0 Å². The monoisotopic (exact) mass is 462 g/mol. The molecular formula is C23H21F3N2O3S. The second kappa shape index (κ2) is 9.13. The summed E-state index contributed by atoms with van der Waals surface area (Å²) in [5, 5.41) is 2.69. The maximum absolute atomic E-state index is 12.8. The van der Waals surface area contributed by atoms with Crippen LogP contribution in [0.2, 0.25) is 0 Å². The van der Waals surface area contributed by atoms with Crippen molar-refractivity contribution in [3.63, 3.8) is 0 Å². The highest BCUT2D eigenvalue weighted by Crippen LogP contribution is 2.32. The second-order valence-corrected chi connectivity index (χ2v) is 9.09. The van der Waals surface area contributed by atoms with Gasteiger partial charge in [0.15, 0.2) is 0 Å². The molecule has 9 heteroatoms. The van der Waals surface area contributed by atoms with E-state index in [0.717, 1.165) is 12.1 Å². The first-order valence-corrected chi connectivity index (χ1v) is 11.2. The standard InChI is InChI=1S/C23H21F3N2O3S/c1-15(2)28-32(30,31)19-13-11-18(12-14-19)27-22(29)21-6-4-3-5-20(21)16-7-9-17(10-8-16)23(24,25)26/h3-15,28H,1-2H3,(H,27,29). The third kappa shape index (κ3) is 5.54. The van der Waals surface area contributed by atoms with Crippen LogP contribution in [0.3, 0.4) is 0 Å². The van der Waals surface area contributed by atoms with Crippen molar-refractivity contribution in [2.45, 2.75) is 31.0 Å². The molecule has 3 aromatic rings. The van der Waals surface area contributed by atoms with Gasteiger partial charge in [-0.15, -0.1) is 0 Å². The van der Waals surface area contributed by atoms with E-state index in [1.54, 1.807) is 38.1 Å². The van der Waals surface area contributed by atoms with Crippen molar-refractivity contribution >= 4 is 21.6 Å². The number of sulfonamides is 1. The van der Waals surface area contributed by atoms with Gasteiger partial charge in [0.2, 0.25) is 10.0 Å². The summed E-state index contributed by atoms with van der Waals surface area (Å²) in [4.78, 5) is 12.9. The van der Waals surface area contributed by atoms with Crippen LogP contribution in [0.1, 0.15) is 29.8 Å². The molecule has 0 saturated heterocycles. The Morgan fingerprint density at radius 2 is 1.47 bits per heavy atom. The topological polar surface area (TPSA) is 75.3 Å². The third-order valence-electron chi connectivity index (χ3n) is 4.51. The number of nitrogens with one attached hydrogen (secondary N) is 2. The van der Waals surface area contributed by atoms with E-state index in [0.29, 0.717) is 16.8 Å². The molecule has 0 saturated carbocycles. The maximum Gasteiger partial charge on any atom is 0.416 e. The van der Waals surface area contributed by atoms with Gasteiger partial charge < -0.3 is 5.32 Å². The van der Waals surface area contributed by atoms with Gasteiger partial charge >= 0.3 is 6.18 Å². The van der Waals surface area contributed by atoms with Crippen LogP contribution in [0.25, 0.3) is 11.1 Å². The van der Waals surface area contributed by atoms with E-state index in [9.17, 15) is 26.4 Å². The van der Waals surface area contributed by atoms with Gasteiger partial charge in [0.25, 0.3) is 5.91 Å². The lowest BCUT2D eigenvalue weighted by Gasteiger charge is -2.13. The highest BCUT2D eigenvalue weighted by Gasteiger charge is 2.30. The summed E-state index contributed by atoms with van der Waals surface area (Å²) in [7, 11) is -3.66. The molecule has 0 spiro atoms. The van der Waals surface area contributed by atoms with Gasteiger partial charge in [-0.05, 0) is 67.4 Å². The molecule has 168 valence electrons. The smallest absolute Gasteiger partial charge is 0.322 e. The zero-order valence-corrected chi connectivity index (χ0v) is 18.1. The van der Waals surface area contributed by atoms with Crippen molar-refractivity contribution in [1.29, 1.82) is 0 Å². The number of rotatable bonds is 6. The number of carbonyl (C=O) groups is 1. The second-order valence-electron chi connectivity index (χ2n) is 7.38. The summed E-state index contributed by atoms with van der Waals surface area (Å²) >= 11 is 0. The molecule has 0 bridgehead atoms. The number of hydrogen-bond acceptors (Lipinski definition) is 3. The fourth-order valence-electron chi connectivity index (χ4n) is 3.07. The predicted molar refractivity (Wildman–Crippen MR) is 117 cm³/mol. The van der Waals surface area contributed by atoms with Crippen LogP contribution in [0.5, 0.6) is 0 Å². The Hall–Kier alpha value is -3.17. The van der Waals surface area contributed by atoms with Crippen LogP contribution in [0.15, 0.2) is 77.7 Å². The predicted octanol–water partition coefficient (Wildman–Crippen LogP) is 5.31. The van der Waals surface area contributed by atoms with Gasteiger partial charge in [0.1, 0.15) is 0 Å². The van der Waals surface area contributed by atoms with Gasteiger partial charge in [-0.1, -0.05) is 30.3 Å². The van der Waals surface area contributed by atoms with Crippen molar-refractivity contribution in [2.24, 2.45) is 0 Å². The molecule has 5 nitrogen and oxygen atoms in total. The van der Waals surface area contributed by atoms with Crippen molar-refractivity contribution < 1.29 is 26.4 Å². The Bertz CT molecular complexity index is 1200. The average molecular weight is 462 g/mol. The molecule has 0 aromatic heterocycles. The lowest BCUT2D eigenvalue weighted by Crippen LogP contribution is -2.30. The lowest BCUT2D eigenvalue weighted by molar-refractivity contribution is -0.137. The molecule has 0 aliphatic rings. The SMILES string of the molecule is CC(C)NS(=O)(=O)c1ccc(NC(=O)c2ccccc2-c2ccc(C(F)(F)F)cc2)cc1. The van der Waals surface area contributed by atoms with E-state index in [1.807, 2.05) is 0 Å². The molecule has 2 N–H and O–H groups in total. The number of amides is 1. The molecule has 0 atom stereocenters. The summed E-state index contributed by atoms with van der Waals surface area (Å²) in [6.45, 7) is 3.42. The minimum absolute atomic E-state index is 0.0642. The van der Waals surface area contributed by atoms with Crippen molar-refractivity contribution in [3.8, 4) is 11.1 Å². The first kappa shape index (κ1) is 23.5. The lowest BCUT2D eigenvalue weighted by atomic mass is 9.98. The summed E-state index contributed by atoms with van der Waals surface area (Å²) in [5.74, 6) is -0.476. The summed E-state index contributed by atoms with van der Waals surface area (Å²) in [6.07, 6.45) is -4.44. The number of halogens is 3. The van der Waals surface area contributed by atoms with Gasteiger partial charge in [-0.3, -0.25) is 4.79 Å². The Balaban J connectivity index is 1.82. The van der Waals surface area contributed by atoms with Crippen molar-refractivity contribution in [1.82, 2.24) is 4.72 Å². The Labute approximate surface area is 184 Å². The van der Waals surface area contributed by atoms with Crippen molar-refractivity contribution in [2.75, 3.05) is 5.32 Å². The Kier molecular flexibility index (Phi) is 6.71. The molecule has 0 aliphatic heterocycles. The molecule has 32 heavy (non-hydrogen) atoms. The summed E-state index contributed by atoms with van der Waals surface area (Å²) in [5.41, 5.74) is 0.806. The number of benzene rings is 3. The molecule has 0 radical (unpaired) electrons. The van der Waals surface area contributed by atoms with Gasteiger partial charge in [-0.25, -0.2) is 13.1 Å². The fraction of sp³-hybridized carbons (Fsp3) is 0.174. The van der Waals surface area contributed by atoms with Gasteiger partial charge in [0, 0.05) is 17.3 Å². The van der Waals surface area contributed by atoms with Gasteiger partial charge in [-0.2, -0.15) is 13.2 Å². The minimum atomic E-state index is -4.44. The Morgan fingerprint density at radius 1 is 0.875 bits per heavy atom. The van der Waals surface area contributed by atoms with E-state index in [2.05, 4.69) is 10.0 Å². The fourth-order valence-corrected chi connectivity index (χ4v) is 4.32.